The Morgan fingerprint density at radius 3 is 2.50 bits per heavy atom. The van der Waals surface area contributed by atoms with Crippen LogP contribution >= 0.6 is 11.6 Å². The van der Waals surface area contributed by atoms with E-state index in [0.717, 1.165) is 18.3 Å². The maximum Gasteiger partial charge on any atom is 0.413 e. The summed E-state index contributed by atoms with van der Waals surface area (Å²) in [6, 6.07) is 3.25. The molecule has 0 spiro atoms. The molecule has 4 rings (SSSR count). The average Bonchev–Trinajstić information content (AvgIpc) is 3.27. The van der Waals surface area contributed by atoms with E-state index in [1.54, 1.807) is 41.5 Å². The number of amidine groups is 1. The molecule has 0 saturated heterocycles. The third kappa shape index (κ3) is 5.89. The predicted octanol–water partition coefficient (Wildman–Crippen LogP) is 5.29. The van der Waals surface area contributed by atoms with Crippen molar-refractivity contribution in [2.24, 2.45) is 9.36 Å². The second-order valence-corrected chi connectivity index (χ2v) is 14.7. The van der Waals surface area contributed by atoms with Crippen LogP contribution in [0.3, 0.4) is 0 Å². The van der Waals surface area contributed by atoms with Crippen LogP contribution in [0.4, 0.5) is 23.8 Å². The van der Waals surface area contributed by atoms with Gasteiger partial charge in [-0.1, -0.05) is 11.6 Å². The zero-order valence-electron chi connectivity index (χ0n) is 23.6. The highest BCUT2D eigenvalue weighted by Crippen LogP contribution is 2.47. The van der Waals surface area contributed by atoms with E-state index in [1.807, 2.05) is 0 Å². The Bertz CT molecular complexity index is 1590. The SMILES string of the molecule is CC(C)(C)OC(=O)NC1=N[C@](C)(c2nc(NC(=O)c3ncc(OC(F)F)cc3Cl)ccc2F)[C@@H]2CCN=[S@]2(=O)C1(C)C. The fourth-order valence-corrected chi connectivity index (χ4v) is 8.24. The first-order valence-corrected chi connectivity index (χ1v) is 14.7. The van der Waals surface area contributed by atoms with Gasteiger partial charge < -0.3 is 14.8 Å². The second kappa shape index (κ2) is 11.0. The molecular weight excluding hydrogens is 601 g/mol. The summed E-state index contributed by atoms with van der Waals surface area (Å²) < 4.78 is 67.7. The molecule has 42 heavy (non-hydrogen) atoms. The van der Waals surface area contributed by atoms with E-state index in [9.17, 15) is 22.6 Å². The Morgan fingerprint density at radius 2 is 1.88 bits per heavy atom. The van der Waals surface area contributed by atoms with Crippen molar-refractivity contribution in [1.29, 1.82) is 0 Å². The van der Waals surface area contributed by atoms with Gasteiger partial charge in [0.25, 0.3) is 5.91 Å². The third-order valence-corrected chi connectivity index (χ3v) is 10.8. The van der Waals surface area contributed by atoms with Gasteiger partial charge in [-0.15, -0.1) is 0 Å². The van der Waals surface area contributed by atoms with E-state index in [2.05, 4.69) is 29.7 Å². The van der Waals surface area contributed by atoms with Crippen molar-refractivity contribution < 1.29 is 36.4 Å². The molecule has 2 aromatic heterocycles. The number of aromatic nitrogens is 2. The number of hydrogen-bond acceptors (Lipinski definition) is 9. The molecule has 3 atom stereocenters. The van der Waals surface area contributed by atoms with Gasteiger partial charge in [-0.05, 0) is 60.1 Å². The van der Waals surface area contributed by atoms with Gasteiger partial charge >= 0.3 is 12.7 Å². The Hall–Kier alpha value is -3.46. The number of nitrogens with zero attached hydrogens (tertiary/aromatic N) is 4. The number of carbonyl (C=O) groups is 2. The fraction of sp³-hybridized carbons (Fsp3) is 0.500. The van der Waals surface area contributed by atoms with Crippen LogP contribution in [0.15, 0.2) is 33.8 Å². The van der Waals surface area contributed by atoms with Crippen LogP contribution in [-0.4, -0.2) is 60.8 Å². The largest absolute Gasteiger partial charge is 0.444 e. The van der Waals surface area contributed by atoms with Crippen molar-refractivity contribution in [3.63, 3.8) is 0 Å². The first-order valence-electron chi connectivity index (χ1n) is 12.8. The molecule has 2 aliphatic rings. The number of rotatable bonds is 5. The first-order chi connectivity index (χ1) is 19.4. The summed E-state index contributed by atoms with van der Waals surface area (Å²) in [5, 5.41) is 3.98. The van der Waals surface area contributed by atoms with Gasteiger partial charge in [-0.2, -0.15) is 8.78 Å². The zero-order valence-corrected chi connectivity index (χ0v) is 25.2. The van der Waals surface area contributed by atoms with E-state index in [0.29, 0.717) is 6.42 Å². The molecule has 4 heterocycles. The number of amides is 2. The Labute approximate surface area is 245 Å². The summed E-state index contributed by atoms with van der Waals surface area (Å²) in [6.45, 7) is 6.98. The number of alkyl carbamates (subject to hydrolysis) is 1. The summed E-state index contributed by atoms with van der Waals surface area (Å²) in [5.74, 6) is -2.13. The van der Waals surface area contributed by atoms with Crippen molar-refractivity contribution in [3.05, 3.63) is 46.6 Å². The smallest absolute Gasteiger partial charge is 0.413 e. The molecule has 0 bridgehead atoms. The number of halogens is 4. The highest BCUT2D eigenvalue weighted by Gasteiger charge is 2.58. The molecule has 16 heteroatoms. The number of anilines is 1. The van der Waals surface area contributed by atoms with E-state index < -0.39 is 55.3 Å². The molecule has 0 aliphatic carbocycles. The topological polar surface area (TPSA) is 144 Å². The van der Waals surface area contributed by atoms with Crippen LogP contribution in [0, 0.1) is 5.82 Å². The summed E-state index contributed by atoms with van der Waals surface area (Å²) in [5.41, 5.74) is -2.97. The molecular formula is C26H30ClF3N6O5S. The van der Waals surface area contributed by atoms with E-state index >= 15 is 4.39 Å². The van der Waals surface area contributed by atoms with E-state index in [-0.39, 0.29) is 40.4 Å². The molecule has 2 amide bonds. The van der Waals surface area contributed by atoms with Crippen LogP contribution in [0.1, 0.15) is 64.1 Å². The van der Waals surface area contributed by atoms with Crippen molar-refractivity contribution in [2.75, 3.05) is 11.9 Å². The molecule has 2 N–H and O–H groups in total. The number of hydrogen-bond donors (Lipinski definition) is 2. The van der Waals surface area contributed by atoms with Crippen molar-refractivity contribution in [1.82, 2.24) is 15.3 Å². The number of alkyl halides is 2. The first kappa shape index (κ1) is 31.5. The van der Waals surface area contributed by atoms with E-state index in [4.69, 9.17) is 21.3 Å². The molecule has 0 saturated carbocycles. The lowest BCUT2D eigenvalue weighted by Gasteiger charge is -2.44. The lowest BCUT2D eigenvalue weighted by Crippen LogP contribution is -2.61. The summed E-state index contributed by atoms with van der Waals surface area (Å²) in [6.07, 6.45) is 0.377. The van der Waals surface area contributed by atoms with Gasteiger partial charge in [0.15, 0.2) is 0 Å². The normalized spacial score (nSPS) is 24.7. The summed E-state index contributed by atoms with van der Waals surface area (Å²) in [4.78, 5) is 38.4. The monoisotopic (exact) mass is 630 g/mol. The third-order valence-electron chi connectivity index (χ3n) is 6.78. The standard InChI is InChI=1S/C26H30ClF3N6O5S/c1-24(2,3)41-23(38)35-21-25(4,5)42(39)16(9-10-32-42)26(6,36-21)19-15(28)7-8-17(33-19)34-20(37)18-14(27)11-13(12-31-18)40-22(29)30/h7-8,11-12,16,22H,9-10H2,1-6H3,(H,33,34,37)(H,35,36,38)/t16-,26-,42+/m0/s1. The molecule has 0 radical (unpaired) electrons. The Kier molecular flexibility index (Phi) is 8.23. The summed E-state index contributed by atoms with van der Waals surface area (Å²) >= 11 is 6.04. The van der Waals surface area contributed by atoms with Gasteiger partial charge in [-0.3, -0.25) is 15.1 Å². The van der Waals surface area contributed by atoms with Crippen molar-refractivity contribution in [2.45, 2.75) is 75.7 Å². The molecule has 0 fully saturated rings. The molecule has 228 valence electrons. The number of carbonyl (C=O) groups excluding carboxylic acids is 2. The van der Waals surface area contributed by atoms with Crippen molar-refractivity contribution in [3.8, 4) is 5.75 Å². The number of nitrogens with one attached hydrogen (secondary N) is 2. The number of aliphatic imine (C=N–C) groups is 1. The second-order valence-electron chi connectivity index (χ2n) is 11.3. The summed E-state index contributed by atoms with van der Waals surface area (Å²) in [7, 11) is -3.15. The number of pyridine rings is 2. The minimum absolute atomic E-state index is 0.0103. The Morgan fingerprint density at radius 1 is 1.19 bits per heavy atom. The van der Waals surface area contributed by atoms with E-state index in [1.165, 1.54) is 6.07 Å². The van der Waals surface area contributed by atoms with Crippen LogP contribution in [0.25, 0.3) is 0 Å². The van der Waals surface area contributed by atoms with Crippen LogP contribution < -0.4 is 15.4 Å². The molecule has 0 aromatic carbocycles. The average molecular weight is 631 g/mol. The van der Waals surface area contributed by atoms with Crippen LogP contribution in [0.5, 0.6) is 5.75 Å². The predicted molar refractivity (Wildman–Crippen MR) is 150 cm³/mol. The minimum Gasteiger partial charge on any atom is -0.444 e. The lowest BCUT2D eigenvalue weighted by molar-refractivity contribution is -0.0500. The Balaban J connectivity index is 1.73. The fourth-order valence-electron chi connectivity index (χ4n) is 4.82. The maximum atomic E-state index is 15.5. The highest BCUT2D eigenvalue weighted by atomic mass is 35.5. The van der Waals surface area contributed by atoms with Gasteiger partial charge in [0.1, 0.15) is 50.5 Å². The van der Waals surface area contributed by atoms with Gasteiger partial charge in [0.2, 0.25) is 0 Å². The van der Waals surface area contributed by atoms with Gasteiger partial charge in [0.05, 0.1) is 26.2 Å². The number of fused-ring (bicyclic) bond motifs is 1. The van der Waals surface area contributed by atoms with Gasteiger partial charge in [0, 0.05) is 12.6 Å². The zero-order chi connectivity index (χ0) is 31.3. The molecule has 0 unspecified atom stereocenters. The minimum atomic E-state index is -3.15. The maximum absolute atomic E-state index is 15.5. The molecule has 2 aromatic rings. The quantitative estimate of drug-likeness (QED) is 0.456. The van der Waals surface area contributed by atoms with Crippen molar-refractivity contribution >= 4 is 45.0 Å². The molecule has 11 nitrogen and oxygen atoms in total. The lowest BCUT2D eigenvalue weighted by atomic mass is 9.89. The molecule has 2 aliphatic heterocycles. The number of ether oxygens (including phenoxy) is 2. The van der Waals surface area contributed by atoms with Crippen LogP contribution in [-0.2, 0) is 20.0 Å². The van der Waals surface area contributed by atoms with Gasteiger partial charge in [-0.25, -0.2) is 27.7 Å². The highest BCUT2D eigenvalue weighted by molar-refractivity contribution is 7.96. The van der Waals surface area contributed by atoms with Crippen LogP contribution in [0.2, 0.25) is 5.02 Å².